The second kappa shape index (κ2) is 4.84. The Morgan fingerprint density at radius 2 is 2.12 bits per heavy atom. The van der Waals surface area contributed by atoms with Crippen LogP contribution >= 0.6 is 0 Å². The third-order valence-electron chi connectivity index (χ3n) is 3.48. The summed E-state index contributed by atoms with van der Waals surface area (Å²) in [5.74, 6) is 0.291. The molecule has 4 nitrogen and oxygen atoms in total. The molecular weight excluding hydrogens is 214 g/mol. The van der Waals surface area contributed by atoms with Crippen molar-refractivity contribution >= 4 is 11.6 Å². The fourth-order valence-electron chi connectivity index (χ4n) is 2.46. The average molecular weight is 233 g/mol. The minimum Gasteiger partial charge on any atom is -0.383 e. The molecule has 1 aliphatic rings. The monoisotopic (exact) mass is 233 g/mol. The second-order valence-electron chi connectivity index (χ2n) is 4.86. The summed E-state index contributed by atoms with van der Waals surface area (Å²) in [5, 5.41) is 0. The van der Waals surface area contributed by atoms with Crippen LogP contribution < -0.4 is 11.5 Å². The summed E-state index contributed by atoms with van der Waals surface area (Å²) >= 11 is 0. The quantitative estimate of drug-likeness (QED) is 0.761. The van der Waals surface area contributed by atoms with Crippen molar-refractivity contribution in [1.29, 1.82) is 0 Å². The predicted octanol–water partition coefficient (Wildman–Crippen LogP) is 1.67. The Morgan fingerprint density at radius 1 is 1.41 bits per heavy atom. The number of hydrogen-bond donors (Lipinski definition) is 2. The lowest BCUT2D eigenvalue weighted by molar-refractivity contribution is 0.0871. The van der Waals surface area contributed by atoms with Gasteiger partial charge in [-0.15, -0.1) is 0 Å². The van der Waals surface area contributed by atoms with Gasteiger partial charge in [-0.3, -0.25) is 4.79 Å². The maximum Gasteiger partial charge on any atom is 0.171 e. The lowest BCUT2D eigenvalue weighted by Crippen LogP contribution is -2.38. The highest BCUT2D eigenvalue weighted by Crippen LogP contribution is 2.27. The summed E-state index contributed by atoms with van der Waals surface area (Å²) < 4.78 is 0. The van der Waals surface area contributed by atoms with Crippen molar-refractivity contribution in [3.8, 4) is 0 Å². The topological polar surface area (TPSA) is 82.0 Å². The highest BCUT2D eigenvalue weighted by Gasteiger charge is 2.30. The number of nitrogen functional groups attached to an aromatic ring is 1. The average Bonchev–Trinajstić information content (AvgIpc) is 2.32. The van der Waals surface area contributed by atoms with E-state index in [2.05, 4.69) is 4.98 Å². The van der Waals surface area contributed by atoms with Crippen LogP contribution in [0.3, 0.4) is 0 Å². The molecule has 1 fully saturated rings. The van der Waals surface area contributed by atoms with E-state index in [1.165, 1.54) is 0 Å². The zero-order valence-electron chi connectivity index (χ0n) is 10.1. The van der Waals surface area contributed by atoms with Gasteiger partial charge in [-0.2, -0.15) is 0 Å². The van der Waals surface area contributed by atoms with Crippen LogP contribution in [0.1, 0.15) is 41.6 Å². The molecule has 17 heavy (non-hydrogen) atoms. The number of anilines is 1. The molecule has 2 atom stereocenters. The highest BCUT2D eigenvalue weighted by molar-refractivity contribution is 6.02. The molecule has 1 aromatic heterocycles. The normalized spacial score (nSPS) is 24.6. The van der Waals surface area contributed by atoms with Crippen molar-refractivity contribution < 1.29 is 4.79 Å². The van der Waals surface area contributed by atoms with Crippen molar-refractivity contribution in [3.63, 3.8) is 0 Å². The predicted molar refractivity (Wildman–Crippen MR) is 67.7 cm³/mol. The van der Waals surface area contributed by atoms with Gasteiger partial charge < -0.3 is 11.5 Å². The molecule has 1 heterocycles. The number of pyridine rings is 1. The fraction of sp³-hybridized carbons (Fsp3) is 0.538. The standard InChI is InChI=1S/C13H19N3O/c1-8-6-10(13(15)16-7-8)12(17)9-4-2-3-5-11(9)14/h6-7,9,11H,2-5,14H2,1H3,(H2,15,16). The summed E-state index contributed by atoms with van der Waals surface area (Å²) in [7, 11) is 0. The molecule has 2 unspecified atom stereocenters. The van der Waals surface area contributed by atoms with E-state index >= 15 is 0 Å². The molecule has 4 heteroatoms. The van der Waals surface area contributed by atoms with E-state index in [1.54, 1.807) is 6.20 Å². The van der Waals surface area contributed by atoms with Crippen LogP contribution in [-0.4, -0.2) is 16.8 Å². The summed E-state index contributed by atoms with van der Waals surface area (Å²) in [6.45, 7) is 1.91. The van der Waals surface area contributed by atoms with Crippen LogP contribution in [0.15, 0.2) is 12.3 Å². The molecule has 0 aliphatic heterocycles. The van der Waals surface area contributed by atoms with Crippen LogP contribution in [0.4, 0.5) is 5.82 Å². The number of nitrogens with two attached hydrogens (primary N) is 2. The van der Waals surface area contributed by atoms with Crippen LogP contribution in [-0.2, 0) is 0 Å². The summed E-state index contributed by atoms with van der Waals surface area (Å²) in [4.78, 5) is 16.4. The largest absolute Gasteiger partial charge is 0.383 e. The molecule has 0 radical (unpaired) electrons. The van der Waals surface area contributed by atoms with Crippen molar-refractivity contribution in [2.75, 3.05) is 5.73 Å². The lowest BCUT2D eigenvalue weighted by atomic mass is 9.80. The van der Waals surface area contributed by atoms with Crippen molar-refractivity contribution in [1.82, 2.24) is 4.98 Å². The second-order valence-corrected chi connectivity index (χ2v) is 4.86. The first-order valence-electron chi connectivity index (χ1n) is 6.11. The van der Waals surface area contributed by atoms with E-state index in [0.29, 0.717) is 11.4 Å². The molecular formula is C13H19N3O. The number of Topliss-reactive ketones (excluding diaryl/α,β-unsaturated/α-hetero) is 1. The van der Waals surface area contributed by atoms with Crippen molar-refractivity contribution in [2.45, 2.75) is 38.6 Å². The van der Waals surface area contributed by atoms with Crippen molar-refractivity contribution in [2.24, 2.45) is 11.7 Å². The van der Waals surface area contributed by atoms with Crippen LogP contribution in [0, 0.1) is 12.8 Å². The molecule has 92 valence electrons. The number of ketones is 1. The highest BCUT2D eigenvalue weighted by atomic mass is 16.1. The minimum atomic E-state index is -0.0883. The zero-order valence-corrected chi connectivity index (χ0v) is 10.1. The van der Waals surface area contributed by atoms with E-state index in [-0.39, 0.29) is 17.7 Å². The van der Waals surface area contributed by atoms with Gasteiger partial charge in [-0.25, -0.2) is 4.98 Å². The fourth-order valence-corrected chi connectivity index (χ4v) is 2.46. The van der Waals surface area contributed by atoms with E-state index in [9.17, 15) is 4.79 Å². The van der Waals surface area contributed by atoms with Gasteiger partial charge in [0.05, 0.1) is 5.56 Å². The Balaban J connectivity index is 2.26. The third-order valence-corrected chi connectivity index (χ3v) is 3.48. The molecule has 0 bridgehead atoms. The summed E-state index contributed by atoms with van der Waals surface area (Å²) in [6.07, 6.45) is 5.66. The maximum absolute atomic E-state index is 12.4. The van der Waals surface area contributed by atoms with Crippen LogP contribution in [0.2, 0.25) is 0 Å². The maximum atomic E-state index is 12.4. The lowest BCUT2D eigenvalue weighted by Gasteiger charge is -2.27. The van der Waals surface area contributed by atoms with Gasteiger partial charge in [-0.05, 0) is 31.4 Å². The molecule has 4 N–H and O–H groups in total. The molecule has 0 aromatic carbocycles. The van der Waals surface area contributed by atoms with E-state index in [4.69, 9.17) is 11.5 Å². The number of rotatable bonds is 2. The first-order chi connectivity index (χ1) is 8.09. The van der Waals surface area contributed by atoms with Gasteiger partial charge in [0.2, 0.25) is 0 Å². The minimum absolute atomic E-state index is 0.0313. The van der Waals surface area contributed by atoms with Gasteiger partial charge >= 0.3 is 0 Å². The van der Waals surface area contributed by atoms with Gasteiger partial charge in [-0.1, -0.05) is 12.8 Å². The molecule has 2 rings (SSSR count). The number of aromatic nitrogens is 1. The number of carbonyl (C=O) groups excluding carboxylic acids is 1. The molecule has 1 saturated carbocycles. The Morgan fingerprint density at radius 3 is 2.82 bits per heavy atom. The van der Waals surface area contributed by atoms with Gasteiger partial charge in [0.15, 0.2) is 5.78 Å². The van der Waals surface area contributed by atoms with Gasteiger partial charge in [0.25, 0.3) is 0 Å². The van der Waals surface area contributed by atoms with E-state index in [1.807, 2.05) is 13.0 Å². The first-order valence-corrected chi connectivity index (χ1v) is 6.11. The van der Waals surface area contributed by atoms with E-state index < -0.39 is 0 Å². The van der Waals surface area contributed by atoms with Crippen LogP contribution in [0.25, 0.3) is 0 Å². The van der Waals surface area contributed by atoms with Gasteiger partial charge in [0, 0.05) is 18.2 Å². The van der Waals surface area contributed by atoms with E-state index in [0.717, 1.165) is 31.2 Å². The Hall–Kier alpha value is -1.42. The van der Waals surface area contributed by atoms with Crippen molar-refractivity contribution in [3.05, 3.63) is 23.4 Å². The molecule has 0 spiro atoms. The Labute approximate surface area is 101 Å². The summed E-state index contributed by atoms with van der Waals surface area (Å²) in [5.41, 5.74) is 13.3. The molecule has 0 saturated heterocycles. The SMILES string of the molecule is Cc1cnc(N)c(C(=O)C2CCCCC2N)c1. The Kier molecular flexibility index (Phi) is 3.43. The smallest absolute Gasteiger partial charge is 0.171 e. The zero-order chi connectivity index (χ0) is 12.4. The number of carbonyl (C=O) groups is 1. The number of hydrogen-bond acceptors (Lipinski definition) is 4. The molecule has 1 aliphatic carbocycles. The summed E-state index contributed by atoms with van der Waals surface area (Å²) in [6, 6.07) is 1.78. The first kappa shape index (κ1) is 12.0. The number of nitrogens with zero attached hydrogens (tertiary/aromatic N) is 1. The molecule has 1 aromatic rings. The van der Waals surface area contributed by atoms with Crippen LogP contribution in [0.5, 0.6) is 0 Å². The molecule has 0 amide bonds. The Bertz CT molecular complexity index is 431. The third kappa shape index (κ3) is 2.47. The van der Waals surface area contributed by atoms with Gasteiger partial charge in [0.1, 0.15) is 5.82 Å². The number of aryl methyl sites for hydroxylation is 1.